The van der Waals surface area contributed by atoms with E-state index in [1.807, 2.05) is 18.2 Å². The van der Waals surface area contributed by atoms with Crippen molar-refractivity contribution in [2.75, 3.05) is 32.5 Å². The molecule has 0 saturated carbocycles. The summed E-state index contributed by atoms with van der Waals surface area (Å²) in [5.74, 6) is 0.729. The summed E-state index contributed by atoms with van der Waals surface area (Å²) < 4.78 is 5.38. The average molecular weight is 269 g/mol. The number of ether oxygens (including phenoxy) is 1. The van der Waals surface area contributed by atoms with Crippen LogP contribution in [0.3, 0.4) is 0 Å². The van der Waals surface area contributed by atoms with Crippen LogP contribution in [0, 0.1) is 5.92 Å². The van der Waals surface area contributed by atoms with Crippen LogP contribution >= 0.6 is 11.6 Å². The molecule has 2 rings (SSSR count). The van der Waals surface area contributed by atoms with Crippen molar-refractivity contribution in [2.45, 2.75) is 19.4 Å². The fourth-order valence-corrected chi connectivity index (χ4v) is 2.69. The molecule has 1 saturated heterocycles. The van der Waals surface area contributed by atoms with Gasteiger partial charge in [0.2, 0.25) is 0 Å². The van der Waals surface area contributed by atoms with Crippen molar-refractivity contribution >= 4 is 17.3 Å². The highest BCUT2D eigenvalue weighted by Crippen LogP contribution is 2.24. The molecule has 0 aromatic heterocycles. The molecule has 1 heterocycles. The van der Waals surface area contributed by atoms with Gasteiger partial charge in [0.25, 0.3) is 0 Å². The molecule has 0 unspecified atom stereocenters. The molecule has 4 heteroatoms. The molecule has 0 atom stereocenters. The summed E-state index contributed by atoms with van der Waals surface area (Å²) in [6, 6.07) is 5.69. The van der Waals surface area contributed by atoms with Crippen molar-refractivity contribution < 1.29 is 4.74 Å². The van der Waals surface area contributed by atoms with E-state index in [2.05, 4.69) is 11.9 Å². The Labute approximate surface area is 114 Å². The lowest BCUT2D eigenvalue weighted by Gasteiger charge is -2.27. The smallest absolute Gasteiger partial charge is 0.0471 e. The summed E-state index contributed by atoms with van der Waals surface area (Å²) in [7, 11) is 2.12. The summed E-state index contributed by atoms with van der Waals surface area (Å²) in [6.45, 7) is 3.68. The van der Waals surface area contributed by atoms with Crippen LogP contribution in [0.2, 0.25) is 5.02 Å². The highest BCUT2D eigenvalue weighted by Gasteiger charge is 2.16. The van der Waals surface area contributed by atoms with E-state index in [9.17, 15) is 0 Å². The Balaban J connectivity index is 1.92. The molecule has 1 fully saturated rings. The highest BCUT2D eigenvalue weighted by molar-refractivity contribution is 6.31. The first-order valence-corrected chi connectivity index (χ1v) is 6.83. The van der Waals surface area contributed by atoms with Crippen LogP contribution in [-0.2, 0) is 11.3 Å². The van der Waals surface area contributed by atoms with Gasteiger partial charge in [-0.15, -0.1) is 0 Å². The van der Waals surface area contributed by atoms with E-state index in [0.29, 0.717) is 0 Å². The van der Waals surface area contributed by atoms with Gasteiger partial charge in [0, 0.05) is 42.6 Å². The normalized spacial score (nSPS) is 17.3. The summed E-state index contributed by atoms with van der Waals surface area (Å²) >= 11 is 6.19. The number of benzene rings is 1. The Morgan fingerprint density at radius 3 is 2.78 bits per heavy atom. The van der Waals surface area contributed by atoms with Gasteiger partial charge in [0.15, 0.2) is 0 Å². The van der Waals surface area contributed by atoms with Crippen LogP contribution in [0.15, 0.2) is 18.2 Å². The second kappa shape index (κ2) is 6.41. The second-order valence-electron chi connectivity index (χ2n) is 5.06. The Hall–Kier alpha value is -0.770. The van der Waals surface area contributed by atoms with Gasteiger partial charge in [0.05, 0.1) is 0 Å². The van der Waals surface area contributed by atoms with Crippen LogP contribution in [0.4, 0.5) is 5.69 Å². The maximum Gasteiger partial charge on any atom is 0.0471 e. The van der Waals surface area contributed by atoms with Gasteiger partial charge in [-0.3, -0.25) is 0 Å². The topological polar surface area (TPSA) is 38.5 Å². The Morgan fingerprint density at radius 2 is 2.11 bits per heavy atom. The minimum absolute atomic E-state index is 0.729. The summed E-state index contributed by atoms with van der Waals surface area (Å²) in [4.78, 5) is 2.30. The molecule has 3 nitrogen and oxygen atoms in total. The third-order valence-electron chi connectivity index (χ3n) is 3.49. The third-order valence-corrected chi connectivity index (χ3v) is 3.85. The number of nitrogens with two attached hydrogens (primary N) is 1. The van der Waals surface area contributed by atoms with Crippen molar-refractivity contribution in [1.82, 2.24) is 4.90 Å². The van der Waals surface area contributed by atoms with Gasteiger partial charge in [-0.25, -0.2) is 0 Å². The number of hydrogen-bond donors (Lipinski definition) is 1. The molecule has 1 aromatic carbocycles. The van der Waals surface area contributed by atoms with E-state index in [1.54, 1.807) is 0 Å². The van der Waals surface area contributed by atoms with Crippen LogP contribution in [-0.4, -0.2) is 31.7 Å². The SMILES string of the molecule is CN(Cc1c(N)cccc1Cl)CC1CCOCC1. The van der Waals surface area contributed by atoms with Crippen LogP contribution in [0.25, 0.3) is 0 Å². The van der Waals surface area contributed by atoms with E-state index >= 15 is 0 Å². The van der Waals surface area contributed by atoms with Gasteiger partial charge in [0.1, 0.15) is 0 Å². The van der Waals surface area contributed by atoms with E-state index < -0.39 is 0 Å². The molecule has 0 radical (unpaired) electrons. The fourth-order valence-electron chi connectivity index (χ4n) is 2.45. The number of halogens is 1. The van der Waals surface area contributed by atoms with Crippen molar-refractivity contribution in [3.8, 4) is 0 Å². The lowest BCUT2D eigenvalue weighted by molar-refractivity contribution is 0.0550. The molecule has 100 valence electrons. The van der Waals surface area contributed by atoms with E-state index in [4.69, 9.17) is 22.1 Å². The summed E-state index contributed by atoms with van der Waals surface area (Å²) in [6.07, 6.45) is 2.31. The molecule has 0 aliphatic carbocycles. The summed E-state index contributed by atoms with van der Waals surface area (Å²) in [5, 5.41) is 0.758. The third kappa shape index (κ3) is 3.61. The van der Waals surface area contributed by atoms with Gasteiger partial charge >= 0.3 is 0 Å². The zero-order chi connectivity index (χ0) is 13.0. The van der Waals surface area contributed by atoms with Crippen molar-refractivity contribution in [2.24, 2.45) is 5.92 Å². The number of anilines is 1. The molecule has 0 bridgehead atoms. The van der Waals surface area contributed by atoms with Crippen molar-refractivity contribution in [1.29, 1.82) is 0 Å². The zero-order valence-electron chi connectivity index (χ0n) is 10.9. The van der Waals surface area contributed by atoms with Crippen LogP contribution in [0.5, 0.6) is 0 Å². The minimum atomic E-state index is 0.729. The quantitative estimate of drug-likeness (QED) is 0.854. The van der Waals surface area contributed by atoms with Gasteiger partial charge < -0.3 is 15.4 Å². The predicted molar refractivity (Wildman–Crippen MR) is 75.7 cm³/mol. The number of nitrogens with zero attached hydrogens (tertiary/aromatic N) is 1. The number of hydrogen-bond acceptors (Lipinski definition) is 3. The maximum absolute atomic E-state index is 6.19. The Morgan fingerprint density at radius 1 is 1.39 bits per heavy atom. The molecule has 0 amide bonds. The molecule has 2 N–H and O–H groups in total. The van der Waals surface area contributed by atoms with Gasteiger partial charge in [-0.2, -0.15) is 0 Å². The minimum Gasteiger partial charge on any atom is -0.398 e. The maximum atomic E-state index is 6.19. The lowest BCUT2D eigenvalue weighted by Crippen LogP contribution is -2.29. The van der Waals surface area contributed by atoms with Gasteiger partial charge in [-0.1, -0.05) is 17.7 Å². The van der Waals surface area contributed by atoms with Gasteiger partial charge in [-0.05, 0) is 37.9 Å². The largest absolute Gasteiger partial charge is 0.398 e. The first kappa shape index (κ1) is 13.7. The molecular weight excluding hydrogens is 248 g/mol. The monoisotopic (exact) mass is 268 g/mol. The highest BCUT2D eigenvalue weighted by atomic mass is 35.5. The van der Waals surface area contributed by atoms with E-state index in [0.717, 1.165) is 61.3 Å². The average Bonchev–Trinajstić information content (AvgIpc) is 2.35. The van der Waals surface area contributed by atoms with Crippen LogP contribution in [0.1, 0.15) is 18.4 Å². The molecule has 1 aliphatic heterocycles. The zero-order valence-corrected chi connectivity index (χ0v) is 11.6. The standard InChI is InChI=1S/C14H21ClN2O/c1-17(9-11-5-7-18-8-6-11)10-12-13(15)3-2-4-14(12)16/h2-4,11H,5-10,16H2,1H3. The molecule has 1 aromatic rings. The predicted octanol–water partition coefficient (Wildman–Crippen LogP) is 2.78. The van der Waals surface area contributed by atoms with E-state index in [1.165, 1.54) is 0 Å². The Kier molecular flexibility index (Phi) is 4.87. The second-order valence-corrected chi connectivity index (χ2v) is 5.47. The summed E-state index contributed by atoms with van der Waals surface area (Å²) in [5.41, 5.74) is 7.79. The number of rotatable bonds is 4. The molecule has 0 spiro atoms. The lowest BCUT2D eigenvalue weighted by atomic mass is 9.99. The van der Waals surface area contributed by atoms with E-state index in [-0.39, 0.29) is 0 Å². The first-order valence-electron chi connectivity index (χ1n) is 6.46. The first-order chi connectivity index (χ1) is 8.66. The van der Waals surface area contributed by atoms with Crippen molar-refractivity contribution in [3.05, 3.63) is 28.8 Å². The number of nitrogen functional groups attached to an aromatic ring is 1. The molecule has 1 aliphatic rings. The van der Waals surface area contributed by atoms with Crippen LogP contribution < -0.4 is 5.73 Å². The van der Waals surface area contributed by atoms with Crippen molar-refractivity contribution in [3.63, 3.8) is 0 Å². The molecular formula is C14H21ClN2O. The fraction of sp³-hybridized carbons (Fsp3) is 0.571. The molecule has 18 heavy (non-hydrogen) atoms. The Bertz CT molecular complexity index is 371.